The molecular formula is C23H29ClN4O5S. The van der Waals surface area contributed by atoms with E-state index in [4.69, 9.17) is 21.1 Å². The Morgan fingerprint density at radius 3 is 2.59 bits per heavy atom. The molecule has 1 fully saturated rings. The van der Waals surface area contributed by atoms with Crippen molar-refractivity contribution in [2.75, 3.05) is 45.3 Å². The number of urea groups is 1. The van der Waals surface area contributed by atoms with Crippen LogP contribution in [0.15, 0.2) is 29.6 Å². The molecule has 1 aromatic heterocycles. The Morgan fingerprint density at radius 1 is 1.24 bits per heavy atom. The lowest BCUT2D eigenvalue weighted by Crippen LogP contribution is -2.40. The van der Waals surface area contributed by atoms with Crippen LogP contribution in [0.25, 0.3) is 0 Å². The van der Waals surface area contributed by atoms with Crippen LogP contribution in [0.3, 0.4) is 0 Å². The molecule has 1 saturated heterocycles. The third-order valence-electron chi connectivity index (χ3n) is 5.45. The fourth-order valence-electron chi connectivity index (χ4n) is 3.58. The molecule has 184 valence electrons. The first-order valence-electron chi connectivity index (χ1n) is 11.1. The second kappa shape index (κ2) is 12.7. The highest BCUT2D eigenvalue weighted by Crippen LogP contribution is 2.22. The number of thiazole rings is 1. The Morgan fingerprint density at radius 2 is 1.94 bits per heavy atom. The lowest BCUT2D eigenvalue weighted by atomic mass is 9.97. The molecule has 3 amide bonds. The molecule has 1 aromatic carbocycles. The first-order valence-corrected chi connectivity index (χ1v) is 12.4. The number of methoxy groups -OCH3 is 1. The standard InChI is InChI=1S/C23H29ClN4O5S/c1-3-33-22(30)16-8-10-27(11-9-16)21(29)19-15-34-20(26-19)14-28(12-13-32-2)23(31)25-18-6-4-17(24)5-7-18/h4-7,15-16H,3,8-14H2,1-2H3,(H,25,31). The van der Waals surface area contributed by atoms with Gasteiger partial charge in [-0.15, -0.1) is 11.3 Å². The SMILES string of the molecule is CCOC(=O)C1CCN(C(=O)c2csc(CN(CCOC)C(=O)Nc3ccc(Cl)cc3)n2)CC1. The summed E-state index contributed by atoms with van der Waals surface area (Å²) in [5, 5.41) is 5.78. The van der Waals surface area contributed by atoms with E-state index in [1.807, 2.05) is 0 Å². The summed E-state index contributed by atoms with van der Waals surface area (Å²) in [7, 11) is 1.57. The minimum Gasteiger partial charge on any atom is -0.466 e. The molecular weight excluding hydrogens is 480 g/mol. The van der Waals surface area contributed by atoms with Crippen LogP contribution in [0.5, 0.6) is 0 Å². The Balaban J connectivity index is 1.59. The predicted molar refractivity (Wildman–Crippen MR) is 130 cm³/mol. The Hall–Kier alpha value is -2.69. The number of benzene rings is 1. The fraction of sp³-hybridized carbons (Fsp3) is 0.478. The highest BCUT2D eigenvalue weighted by Gasteiger charge is 2.29. The van der Waals surface area contributed by atoms with Crippen LogP contribution in [-0.4, -0.2) is 72.6 Å². The van der Waals surface area contributed by atoms with Gasteiger partial charge in [0.25, 0.3) is 5.91 Å². The number of hydrogen-bond donors (Lipinski definition) is 1. The molecule has 0 radical (unpaired) electrons. The van der Waals surface area contributed by atoms with E-state index in [9.17, 15) is 14.4 Å². The molecule has 1 aliphatic heterocycles. The average molecular weight is 509 g/mol. The van der Waals surface area contributed by atoms with Gasteiger partial charge in [-0.1, -0.05) is 11.6 Å². The van der Waals surface area contributed by atoms with Crippen LogP contribution in [0, 0.1) is 5.92 Å². The monoisotopic (exact) mass is 508 g/mol. The predicted octanol–water partition coefficient (Wildman–Crippen LogP) is 3.89. The lowest BCUT2D eigenvalue weighted by Gasteiger charge is -2.30. The van der Waals surface area contributed by atoms with E-state index in [1.165, 1.54) is 11.3 Å². The number of likely N-dealkylation sites (tertiary alicyclic amines) is 1. The summed E-state index contributed by atoms with van der Waals surface area (Å²) in [6.45, 7) is 4.08. The third kappa shape index (κ3) is 7.15. The zero-order valence-corrected chi connectivity index (χ0v) is 20.9. The van der Waals surface area contributed by atoms with Crippen molar-refractivity contribution in [1.82, 2.24) is 14.8 Å². The number of nitrogens with zero attached hydrogens (tertiary/aromatic N) is 3. The number of nitrogens with one attached hydrogen (secondary N) is 1. The Bertz CT molecular complexity index is 976. The zero-order valence-electron chi connectivity index (χ0n) is 19.3. The quantitative estimate of drug-likeness (QED) is 0.516. The molecule has 1 aliphatic rings. The number of carbonyl (C=O) groups excluding carboxylic acids is 3. The molecule has 1 N–H and O–H groups in total. The molecule has 2 aromatic rings. The van der Waals surface area contributed by atoms with Gasteiger partial charge in [-0.25, -0.2) is 9.78 Å². The minimum absolute atomic E-state index is 0.163. The fourth-order valence-corrected chi connectivity index (χ4v) is 4.48. The molecule has 0 saturated carbocycles. The topological polar surface area (TPSA) is 101 Å². The second-order valence-electron chi connectivity index (χ2n) is 7.80. The van der Waals surface area contributed by atoms with E-state index in [0.29, 0.717) is 67.1 Å². The van der Waals surface area contributed by atoms with Gasteiger partial charge in [0.15, 0.2) is 0 Å². The number of esters is 1. The van der Waals surface area contributed by atoms with Crippen LogP contribution in [0.1, 0.15) is 35.3 Å². The van der Waals surface area contributed by atoms with Crippen LogP contribution in [0.2, 0.25) is 5.02 Å². The van der Waals surface area contributed by atoms with Gasteiger partial charge in [0, 0.05) is 42.8 Å². The number of aromatic nitrogens is 1. The van der Waals surface area contributed by atoms with Gasteiger partial charge in [-0.2, -0.15) is 0 Å². The largest absolute Gasteiger partial charge is 0.466 e. The number of ether oxygens (including phenoxy) is 2. The number of anilines is 1. The Kier molecular flexibility index (Phi) is 9.67. The zero-order chi connectivity index (χ0) is 24.5. The van der Waals surface area contributed by atoms with Gasteiger partial charge in [0.2, 0.25) is 0 Å². The molecule has 9 nitrogen and oxygen atoms in total. The summed E-state index contributed by atoms with van der Waals surface area (Å²) in [6, 6.07) is 6.54. The molecule has 0 unspecified atom stereocenters. The highest BCUT2D eigenvalue weighted by molar-refractivity contribution is 7.09. The van der Waals surface area contributed by atoms with Gasteiger partial charge in [0.1, 0.15) is 10.7 Å². The van der Waals surface area contributed by atoms with Crippen molar-refractivity contribution in [2.45, 2.75) is 26.3 Å². The summed E-state index contributed by atoms with van der Waals surface area (Å²) in [5.41, 5.74) is 0.970. The van der Waals surface area contributed by atoms with E-state index in [1.54, 1.807) is 53.5 Å². The first kappa shape index (κ1) is 25.9. The normalized spacial score (nSPS) is 14.0. The minimum atomic E-state index is -0.302. The first-order chi connectivity index (χ1) is 16.4. The number of amides is 3. The van der Waals surface area contributed by atoms with E-state index < -0.39 is 0 Å². The number of hydrogen-bond acceptors (Lipinski definition) is 7. The second-order valence-corrected chi connectivity index (χ2v) is 9.18. The smallest absolute Gasteiger partial charge is 0.322 e. The van der Waals surface area contributed by atoms with Crippen molar-refractivity contribution in [2.24, 2.45) is 5.92 Å². The summed E-state index contributed by atoms with van der Waals surface area (Å²) in [5.74, 6) is -0.527. The van der Waals surface area contributed by atoms with Crippen molar-refractivity contribution in [3.8, 4) is 0 Å². The molecule has 0 atom stereocenters. The lowest BCUT2D eigenvalue weighted by molar-refractivity contribution is -0.149. The summed E-state index contributed by atoms with van der Waals surface area (Å²) >= 11 is 7.23. The van der Waals surface area contributed by atoms with Gasteiger partial charge in [-0.3, -0.25) is 9.59 Å². The molecule has 0 spiro atoms. The molecule has 0 aliphatic carbocycles. The summed E-state index contributed by atoms with van der Waals surface area (Å²) in [4.78, 5) is 45.4. The molecule has 3 rings (SSSR count). The molecule has 2 heterocycles. The maximum atomic E-state index is 12.9. The van der Waals surface area contributed by atoms with E-state index >= 15 is 0 Å². The van der Waals surface area contributed by atoms with Crippen LogP contribution in [-0.2, 0) is 20.8 Å². The number of rotatable bonds is 9. The van der Waals surface area contributed by atoms with Crippen molar-refractivity contribution in [3.63, 3.8) is 0 Å². The van der Waals surface area contributed by atoms with E-state index in [0.717, 1.165) is 0 Å². The van der Waals surface area contributed by atoms with Crippen LogP contribution < -0.4 is 5.32 Å². The van der Waals surface area contributed by atoms with E-state index in [-0.39, 0.29) is 30.4 Å². The maximum Gasteiger partial charge on any atom is 0.322 e. The van der Waals surface area contributed by atoms with Crippen molar-refractivity contribution in [3.05, 3.63) is 45.4 Å². The summed E-state index contributed by atoms with van der Waals surface area (Å²) in [6.07, 6.45) is 1.16. The third-order valence-corrected chi connectivity index (χ3v) is 6.53. The van der Waals surface area contributed by atoms with Crippen molar-refractivity contribution in [1.29, 1.82) is 0 Å². The van der Waals surface area contributed by atoms with Crippen LogP contribution >= 0.6 is 22.9 Å². The molecule has 11 heteroatoms. The van der Waals surface area contributed by atoms with Crippen molar-refractivity contribution < 1.29 is 23.9 Å². The number of halogens is 1. The van der Waals surface area contributed by atoms with E-state index in [2.05, 4.69) is 10.3 Å². The van der Waals surface area contributed by atoms with Crippen molar-refractivity contribution >= 4 is 46.5 Å². The average Bonchev–Trinajstić information content (AvgIpc) is 3.31. The number of carbonyl (C=O) groups is 3. The van der Waals surface area contributed by atoms with Gasteiger partial charge in [-0.05, 0) is 44.0 Å². The molecule has 34 heavy (non-hydrogen) atoms. The van der Waals surface area contributed by atoms with Crippen LogP contribution in [0.4, 0.5) is 10.5 Å². The Labute approximate surface area is 208 Å². The highest BCUT2D eigenvalue weighted by atomic mass is 35.5. The van der Waals surface area contributed by atoms with Gasteiger partial charge in [0.05, 0.1) is 25.7 Å². The maximum absolute atomic E-state index is 12.9. The molecule has 0 bridgehead atoms. The van der Waals surface area contributed by atoms with Gasteiger partial charge < -0.3 is 24.6 Å². The number of piperidine rings is 1. The van der Waals surface area contributed by atoms with Gasteiger partial charge >= 0.3 is 12.0 Å². The summed E-state index contributed by atoms with van der Waals surface area (Å²) < 4.78 is 10.2.